The Morgan fingerprint density at radius 1 is 0.531 bits per heavy atom. The Kier molecular flexibility index (Phi) is 14.2. The third kappa shape index (κ3) is 9.26. The minimum absolute atomic E-state index is 0. The molecule has 0 amide bonds. The maximum absolute atomic E-state index is 8.73. The molecular weight excluding hydrogens is 1150 g/mol. The minimum atomic E-state index is 0. The second kappa shape index (κ2) is 20.3. The van der Waals surface area contributed by atoms with E-state index in [4.69, 9.17) is 11.8 Å². The van der Waals surface area contributed by atoms with Gasteiger partial charge in [0, 0.05) is 70.6 Å². The van der Waals surface area contributed by atoms with E-state index in [0.717, 1.165) is 44.0 Å². The van der Waals surface area contributed by atoms with Crippen molar-refractivity contribution >= 4 is 83.8 Å². The molecule has 0 atom stereocenters. The van der Waals surface area contributed by atoms with E-state index in [1.54, 1.807) is 12.1 Å². The normalized spacial score (nSPS) is 12.0. The van der Waals surface area contributed by atoms with Crippen LogP contribution in [0.3, 0.4) is 0 Å². The number of pyridine rings is 2. The standard InChI is InChI=1S/2C14H12N2.2C12H6N3.2Pt/c2*1-15-11-16(12-7-3-2-4-8-12)14-10-6-5-9-13(14)15;1-13-11-7-6-9-8-4-2-3-5-10(8)14-12(9)15-11;13-7-8-5-6-10-9-3-1-2-4-11(9)15-12(10)14-8;;/h2*2-7,9-11H,1H3;2-7H;1-6H;;/q2*-2;2*-1;;. The van der Waals surface area contributed by atoms with Gasteiger partial charge >= 0.3 is 0 Å². The SMILES string of the molecule is CN1[CH-]N(c2[c-]cccc2)c2ccccc21.CN1[CH-]N(c2[c-]cccc2)c2ccccc21.N#Cc1ccc2c(n1)[n-]c1ccccc12.[C-]#[N+]c1ccc2c(n1)[n-]c1ccccc12.[Pt].[Pt]. The van der Waals surface area contributed by atoms with Crippen LogP contribution in [0.25, 0.3) is 48.7 Å². The van der Waals surface area contributed by atoms with E-state index >= 15 is 0 Å². The van der Waals surface area contributed by atoms with Crippen LogP contribution >= 0.6 is 0 Å². The number of rotatable bonds is 2. The Morgan fingerprint density at radius 3 is 1.44 bits per heavy atom. The van der Waals surface area contributed by atoms with E-state index in [2.05, 4.69) is 145 Å². The van der Waals surface area contributed by atoms with Crippen LogP contribution in [0.1, 0.15) is 5.69 Å². The van der Waals surface area contributed by atoms with E-state index in [9.17, 15) is 0 Å². The molecule has 0 saturated carbocycles. The summed E-state index contributed by atoms with van der Waals surface area (Å²) in [6.45, 7) is 11.0. The second-order valence-corrected chi connectivity index (χ2v) is 14.3. The van der Waals surface area contributed by atoms with E-state index in [1.165, 1.54) is 22.7 Å². The number of fused-ring (bicyclic) bond motifs is 8. The summed E-state index contributed by atoms with van der Waals surface area (Å²) in [4.78, 5) is 28.9. The van der Waals surface area contributed by atoms with Gasteiger partial charge in [0.1, 0.15) is 0 Å². The summed E-state index contributed by atoms with van der Waals surface area (Å²) in [5.41, 5.74) is 10.6. The molecule has 10 aromatic rings. The first-order chi connectivity index (χ1) is 30.5. The van der Waals surface area contributed by atoms with Crippen molar-refractivity contribution in [3.63, 3.8) is 0 Å². The van der Waals surface area contributed by atoms with Gasteiger partial charge in [0.15, 0.2) is 0 Å². The average molecular weight is 1190 g/mol. The van der Waals surface area contributed by atoms with Crippen LogP contribution in [-0.2, 0) is 42.1 Å². The van der Waals surface area contributed by atoms with E-state index in [1.807, 2.05) is 103 Å². The smallest absolute Gasteiger partial charge is 0.0948 e. The monoisotopic (exact) mass is 1190 g/mol. The van der Waals surface area contributed by atoms with Gasteiger partial charge < -0.3 is 44.4 Å². The Balaban J connectivity index is 0.000000126. The van der Waals surface area contributed by atoms with Crippen molar-refractivity contribution < 1.29 is 42.1 Å². The molecule has 0 fully saturated rings. The molecule has 64 heavy (non-hydrogen) atoms. The molecule has 0 unspecified atom stereocenters. The number of aromatic nitrogens is 4. The Hall–Kier alpha value is -7.22. The number of anilines is 6. The first-order valence-corrected chi connectivity index (χ1v) is 19.8. The fourth-order valence-electron chi connectivity index (χ4n) is 7.41. The number of nitrogens with zero attached hydrogens (tertiary/aromatic N) is 10. The van der Waals surface area contributed by atoms with Gasteiger partial charge in [-0.3, -0.25) is 0 Å². The predicted octanol–water partition coefficient (Wildman–Crippen LogP) is 11.5. The fourth-order valence-corrected chi connectivity index (χ4v) is 7.41. The molecular formula is C52H36N10Pt2-6. The molecule has 0 N–H and O–H groups in total. The van der Waals surface area contributed by atoms with Crippen LogP contribution in [0.2, 0.25) is 0 Å². The molecule has 0 saturated heterocycles. The predicted molar refractivity (Wildman–Crippen MR) is 249 cm³/mol. The number of hydrogen-bond donors (Lipinski definition) is 0. The molecule has 2 aliphatic rings. The first-order valence-electron chi connectivity index (χ1n) is 19.8. The van der Waals surface area contributed by atoms with Gasteiger partial charge in [-0.25, -0.2) is 0 Å². The molecule has 0 radical (unpaired) electrons. The van der Waals surface area contributed by atoms with Crippen molar-refractivity contribution in [1.29, 1.82) is 5.26 Å². The summed E-state index contributed by atoms with van der Waals surface area (Å²) in [5, 5.41) is 12.9. The average Bonchev–Trinajstić information content (AvgIpc) is 4.10. The van der Waals surface area contributed by atoms with E-state index in [0.29, 0.717) is 22.8 Å². The largest absolute Gasteiger partial charge is 0.504 e. The van der Waals surface area contributed by atoms with Crippen molar-refractivity contribution in [3.05, 3.63) is 212 Å². The van der Waals surface area contributed by atoms with E-state index < -0.39 is 0 Å². The molecule has 0 spiro atoms. The Labute approximate surface area is 400 Å². The van der Waals surface area contributed by atoms with Crippen LogP contribution in [0, 0.1) is 43.4 Å². The summed E-state index contributed by atoms with van der Waals surface area (Å²) in [5.74, 6) is 0.394. The molecule has 0 aliphatic carbocycles. The molecule has 10 nitrogen and oxygen atoms in total. The van der Waals surface area contributed by atoms with Gasteiger partial charge in [-0.1, -0.05) is 103 Å². The third-order valence-electron chi connectivity index (χ3n) is 10.3. The second-order valence-electron chi connectivity index (χ2n) is 14.3. The first kappa shape index (κ1) is 44.8. The van der Waals surface area contributed by atoms with Crippen molar-refractivity contribution in [3.8, 4) is 6.07 Å². The third-order valence-corrected chi connectivity index (χ3v) is 10.3. The number of nitriles is 1. The Morgan fingerprint density at radius 2 is 0.969 bits per heavy atom. The summed E-state index contributed by atoms with van der Waals surface area (Å²) in [6, 6.07) is 64.2. The Bertz CT molecular complexity index is 3030. The molecule has 6 heterocycles. The molecule has 12 heteroatoms. The van der Waals surface area contributed by atoms with Crippen LogP contribution in [-0.4, -0.2) is 24.1 Å². The van der Waals surface area contributed by atoms with Crippen LogP contribution in [0.15, 0.2) is 170 Å². The van der Waals surface area contributed by atoms with Gasteiger partial charge in [-0.2, -0.15) is 79.3 Å². The maximum atomic E-state index is 8.73. The van der Waals surface area contributed by atoms with Gasteiger partial charge in [0.25, 0.3) is 0 Å². The van der Waals surface area contributed by atoms with Gasteiger partial charge in [0.2, 0.25) is 0 Å². The fraction of sp³-hybridized carbons (Fsp3) is 0.0385. The molecule has 4 aromatic heterocycles. The van der Waals surface area contributed by atoms with Gasteiger partial charge in [0.05, 0.1) is 11.9 Å². The van der Waals surface area contributed by atoms with Gasteiger partial charge in [-0.15, -0.1) is 11.4 Å². The zero-order chi connectivity index (χ0) is 42.4. The van der Waals surface area contributed by atoms with Crippen LogP contribution < -0.4 is 29.6 Å². The van der Waals surface area contributed by atoms with Crippen LogP contribution in [0.5, 0.6) is 0 Å². The van der Waals surface area contributed by atoms with E-state index in [-0.39, 0.29) is 42.1 Å². The summed E-state index contributed by atoms with van der Waals surface area (Å²) >= 11 is 0. The zero-order valence-electron chi connectivity index (χ0n) is 34.4. The van der Waals surface area contributed by atoms with Crippen molar-refractivity contribution in [2.24, 2.45) is 0 Å². The number of para-hydroxylation sites is 8. The topological polar surface area (TPSA) is 95.1 Å². The molecule has 2 aliphatic heterocycles. The van der Waals surface area contributed by atoms with Gasteiger partial charge in [-0.05, 0) is 82.7 Å². The van der Waals surface area contributed by atoms with Crippen molar-refractivity contribution in [2.75, 3.05) is 33.7 Å². The minimum Gasteiger partial charge on any atom is -0.504 e. The maximum Gasteiger partial charge on any atom is 0.0948 e. The summed E-state index contributed by atoms with van der Waals surface area (Å²) in [6.07, 6.45) is 0. The quantitative estimate of drug-likeness (QED) is 0.157. The van der Waals surface area contributed by atoms with Crippen molar-refractivity contribution in [2.45, 2.75) is 0 Å². The van der Waals surface area contributed by atoms with Crippen LogP contribution in [0.4, 0.5) is 39.9 Å². The number of hydrogen-bond acceptors (Lipinski definition) is 7. The molecule has 320 valence electrons. The summed E-state index contributed by atoms with van der Waals surface area (Å²) in [7, 11) is 4.11. The zero-order valence-corrected chi connectivity index (χ0v) is 39.0. The molecule has 0 bridgehead atoms. The molecule has 6 aromatic carbocycles. The van der Waals surface area contributed by atoms with Crippen molar-refractivity contribution in [1.82, 2.24) is 19.9 Å². The number of benzene rings is 6. The summed E-state index contributed by atoms with van der Waals surface area (Å²) < 4.78 is 0. The molecule has 12 rings (SSSR count).